The van der Waals surface area contributed by atoms with Gasteiger partial charge in [-0.25, -0.2) is 0 Å². The third-order valence-electron chi connectivity index (χ3n) is 2.74. The van der Waals surface area contributed by atoms with E-state index in [1.54, 1.807) is 19.2 Å². The van der Waals surface area contributed by atoms with Crippen LogP contribution in [-0.4, -0.2) is 18.6 Å². The van der Waals surface area contributed by atoms with Crippen LogP contribution in [0.5, 0.6) is 5.75 Å². The fraction of sp³-hybridized carbons (Fsp3) is 0.500. The van der Waals surface area contributed by atoms with Gasteiger partial charge >= 0.3 is 0 Å². The quantitative estimate of drug-likeness (QED) is 0.611. The highest BCUT2D eigenvalue weighted by molar-refractivity contribution is 5.64. The van der Waals surface area contributed by atoms with Crippen LogP contribution in [-0.2, 0) is 0 Å². The number of benzene rings is 1. The van der Waals surface area contributed by atoms with Gasteiger partial charge in [-0.15, -0.1) is 0 Å². The lowest BCUT2D eigenvalue weighted by atomic mass is 10.1. The van der Waals surface area contributed by atoms with Gasteiger partial charge in [-0.2, -0.15) is 0 Å². The third kappa shape index (κ3) is 3.62. The summed E-state index contributed by atoms with van der Waals surface area (Å²) in [6.07, 6.45) is 1.03. The van der Waals surface area contributed by atoms with Crippen molar-refractivity contribution in [2.75, 3.05) is 19.0 Å². The Labute approximate surface area is 101 Å². The van der Waals surface area contributed by atoms with E-state index in [4.69, 9.17) is 4.74 Å². The number of methoxy groups -OCH3 is 1. The van der Waals surface area contributed by atoms with Crippen LogP contribution in [0.2, 0.25) is 0 Å². The molecular formula is C12H18N2O3. The highest BCUT2D eigenvalue weighted by atomic mass is 16.6. The molecule has 1 N–H and O–H groups in total. The Kier molecular flexibility index (Phi) is 4.75. The van der Waals surface area contributed by atoms with Gasteiger partial charge < -0.3 is 10.1 Å². The van der Waals surface area contributed by atoms with E-state index in [9.17, 15) is 10.1 Å². The molecule has 17 heavy (non-hydrogen) atoms. The number of anilines is 1. The number of ether oxygens (including phenoxy) is 1. The maximum absolute atomic E-state index is 10.9. The first-order valence-corrected chi connectivity index (χ1v) is 5.64. The molecule has 0 saturated carbocycles. The second-order valence-electron chi connectivity index (χ2n) is 4.03. The molecule has 94 valence electrons. The summed E-state index contributed by atoms with van der Waals surface area (Å²) in [4.78, 5) is 10.5. The van der Waals surface area contributed by atoms with Gasteiger partial charge in [-0.3, -0.25) is 10.1 Å². The van der Waals surface area contributed by atoms with Crippen molar-refractivity contribution < 1.29 is 9.66 Å². The molecule has 0 aliphatic carbocycles. The smallest absolute Gasteiger partial charge is 0.292 e. The first-order chi connectivity index (χ1) is 8.08. The summed E-state index contributed by atoms with van der Waals surface area (Å²) >= 11 is 0. The minimum atomic E-state index is -0.390. The molecule has 0 bridgehead atoms. The Balaban J connectivity index is 2.89. The third-order valence-corrected chi connectivity index (χ3v) is 2.74. The average molecular weight is 238 g/mol. The molecule has 1 rings (SSSR count). The van der Waals surface area contributed by atoms with E-state index in [2.05, 4.69) is 19.2 Å². The van der Waals surface area contributed by atoms with E-state index in [1.807, 2.05) is 0 Å². The molecule has 1 atom stereocenters. The second kappa shape index (κ2) is 6.08. The summed E-state index contributed by atoms with van der Waals surface area (Å²) in [6, 6.07) is 4.70. The van der Waals surface area contributed by atoms with E-state index in [-0.39, 0.29) is 5.69 Å². The van der Waals surface area contributed by atoms with Gasteiger partial charge in [0.05, 0.1) is 12.0 Å². The normalized spacial score (nSPS) is 11.9. The molecule has 5 nitrogen and oxygen atoms in total. The summed E-state index contributed by atoms with van der Waals surface area (Å²) < 4.78 is 5.06. The summed E-state index contributed by atoms with van der Waals surface area (Å²) in [7, 11) is 1.54. The van der Waals surface area contributed by atoms with Crippen LogP contribution in [0, 0.1) is 16.0 Å². The van der Waals surface area contributed by atoms with Crippen LogP contribution in [0.25, 0.3) is 0 Å². The molecule has 1 aromatic rings. The Bertz CT molecular complexity index is 393. The van der Waals surface area contributed by atoms with E-state index >= 15 is 0 Å². The largest absolute Gasteiger partial charge is 0.497 e. The molecule has 5 heteroatoms. The van der Waals surface area contributed by atoms with Crippen LogP contribution < -0.4 is 10.1 Å². The molecule has 0 aliphatic heterocycles. The number of hydrogen-bond donors (Lipinski definition) is 1. The minimum Gasteiger partial charge on any atom is -0.497 e. The zero-order valence-electron chi connectivity index (χ0n) is 10.4. The predicted molar refractivity (Wildman–Crippen MR) is 67.6 cm³/mol. The molecule has 1 aromatic carbocycles. The lowest BCUT2D eigenvalue weighted by Gasteiger charge is -2.12. The Morgan fingerprint density at radius 1 is 1.53 bits per heavy atom. The number of nitro groups is 1. The molecule has 0 saturated heterocycles. The van der Waals surface area contributed by atoms with E-state index in [1.165, 1.54) is 6.07 Å². The standard InChI is InChI=1S/C12H18N2O3/c1-4-9(2)8-13-11-7-10(17-3)5-6-12(11)14(15)16/h5-7,9,13H,4,8H2,1-3H3. The highest BCUT2D eigenvalue weighted by Crippen LogP contribution is 2.28. The molecule has 0 aliphatic rings. The summed E-state index contributed by atoms with van der Waals surface area (Å²) in [5.74, 6) is 1.09. The van der Waals surface area contributed by atoms with Crippen molar-refractivity contribution in [3.05, 3.63) is 28.3 Å². The zero-order chi connectivity index (χ0) is 12.8. The van der Waals surface area contributed by atoms with Gasteiger partial charge in [-0.1, -0.05) is 20.3 Å². The topological polar surface area (TPSA) is 64.4 Å². The second-order valence-corrected chi connectivity index (χ2v) is 4.03. The van der Waals surface area contributed by atoms with Crippen LogP contribution in [0.1, 0.15) is 20.3 Å². The predicted octanol–water partition coefficient (Wildman–Crippen LogP) is 3.06. The molecular weight excluding hydrogens is 220 g/mol. The van der Waals surface area contributed by atoms with Crippen LogP contribution in [0.15, 0.2) is 18.2 Å². The number of rotatable bonds is 6. The Morgan fingerprint density at radius 2 is 2.24 bits per heavy atom. The number of nitrogens with one attached hydrogen (secondary N) is 1. The van der Waals surface area contributed by atoms with Crippen molar-refractivity contribution in [3.8, 4) is 5.75 Å². The molecule has 0 fully saturated rings. The number of hydrogen-bond acceptors (Lipinski definition) is 4. The maximum Gasteiger partial charge on any atom is 0.292 e. The van der Waals surface area contributed by atoms with Gasteiger partial charge in [-0.05, 0) is 12.0 Å². The van der Waals surface area contributed by atoms with Crippen molar-refractivity contribution in [1.82, 2.24) is 0 Å². The van der Waals surface area contributed by atoms with Crippen LogP contribution in [0.3, 0.4) is 0 Å². The lowest BCUT2D eigenvalue weighted by molar-refractivity contribution is -0.384. The SMILES string of the molecule is CCC(C)CNc1cc(OC)ccc1[N+](=O)[O-]. The summed E-state index contributed by atoms with van der Waals surface area (Å²) in [6.45, 7) is 4.90. The van der Waals surface area contributed by atoms with Crippen molar-refractivity contribution >= 4 is 11.4 Å². The Morgan fingerprint density at radius 3 is 2.76 bits per heavy atom. The number of nitrogens with zero attached hydrogens (tertiary/aromatic N) is 1. The van der Waals surface area contributed by atoms with Crippen LogP contribution >= 0.6 is 0 Å². The van der Waals surface area contributed by atoms with Crippen molar-refractivity contribution in [2.45, 2.75) is 20.3 Å². The van der Waals surface area contributed by atoms with Gasteiger partial charge in [0, 0.05) is 18.7 Å². The van der Waals surface area contributed by atoms with Gasteiger partial charge in [0.15, 0.2) is 0 Å². The molecule has 0 aromatic heterocycles. The van der Waals surface area contributed by atoms with Gasteiger partial charge in [0.25, 0.3) is 5.69 Å². The number of nitro benzene ring substituents is 1. The van der Waals surface area contributed by atoms with Crippen molar-refractivity contribution in [3.63, 3.8) is 0 Å². The van der Waals surface area contributed by atoms with E-state index < -0.39 is 4.92 Å². The highest BCUT2D eigenvalue weighted by Gasteiger charge is 2.14. The van der Waals surface area contributed by atoms with E-state index in [0.717, 1.165) is 6.42 Å². The van der Waals surface area contributed by atoms with Gasteiger partial charge in [0.2, 0.25) is 0 Å². The maximum atomic E-state index is 10.9. The molecule has 0 spiro atoms. The molecule has 0 radical (unpaired) electrons. The molecule has 0 heterocycles. The molecule has 1 unspecified atom stereocenters. The van der Waals surface area contributed by atoms with Crippen molar-refractivity contribution in [1.29, 1.82) is 0 Å². The van der Waals surface area contributed by atoms with Crippen molar-refractivity contribution in [2.24, 2.45) is 5.92 Å². The van der Waals surface area contributed by atoms with E-state index in [0.29, 0.717) is 23.9 Å². The summed E-state index contributed by atoms with van der Waals surface area (Å²) in [5.41, 5.74) is 0.587. The Hall–Kier alpha value is -1.78. The van der Waals surface area contributed by atoms with Gasteiger partial charge in [0.1, 0.15) is 11.4 Å². The average Bonchev–Trinajstić information content (AvgIpc) is 2.35. The zero-order valence-corrected chi connectivity index (χ0v) is 10.4. The summed E-state index contributed by atoms with van der Waals surface area (Å²) in [5, 5.41) is 14.0. The fourth-order valence-corrected chi connectivity index (χ4v) is 1.37. The monoisotopic (exact) mass is 238 g/mol. The lowest BCUT2D eigenvalue weighted by Crippen LogP contribution is -2.11. The fourth-order valence-electron chi connectivity index (χ4n) is 1.37. The minimum absolute atomic E-state index is 0.0779. The molecule has 0 amide bonds. The van der Waals surface area contributed by atoms with Crippen LogP contribution in [0.4, 0.5) is 11.4 Å². The first kappa shape index (κ1) is 13.3. The first-order valence-electron chi connectivity index (χ1n) is 5.64.